The second-order valence-electron chi connectivity index (χ2n) is 2.72. The predicted molar refractivity (Wildman–Crippen MR) is 56.2 cm³/mol. The van der Waals surface area contributed by atoms with Crippen molar-refractivity contribution in [2.45, 2.75) is 33.3 Å². The van der Waals surface area contributed by atoms with E-state index in [1.54, 1.807) is 26.8 Å². The summed E-state index contributed by atoms with van der Waals surface area (Å²) in [6, 6.07) is 0. The third-order valence-corrected chi connectivity index (χ3v) is 3.15. The fraction of sp³-hybridized carbons (Fsp3) is 0.778. The molecule has 0 spiro atoms. The molecule has 0 radical (unpaired) electrons. The van der Waals surface area contributed by atoms with Gasteiger partial charge in [0.2, 0.25) is 0 Å². The summed E-state index contributed by atoms with van der Waals surface area (Å²) < 4.78 is 26.9. The van der Waals surface area contributed by atoms with E-state index in [-0.39, 0.29) is 6.10 Å². The van der Waals surface area contributed by atoms with Crippen molar-refractivity contribution in [2.24, 2.45) is 0 Å². The van der Waals surface area contributed by atoms with E-state index < -0.39 is 7.82 Å². The van der Waals surface area contributed by atoms with Gasteiger partial charge >= 0.3 is 7.82 Å². The number of phosphoric acid groups is 1. The monoisotopic (exact) mass is 222 g/mol. The molecular weight excluding hydrogens is 203 g/mol. The summed E-state index contributed by atoms with van der Waals surface area (Å²) in [5.41, 5.74) is 0. The standard InChI is InChI=1S/C9H19O4P/c1-5-8-9(4)13-14(10,11-6-2)12-7-3/h5,9H,1,6-8H2,2-4H3. The average Bonchev–Trinajstić information content (AvgIpc) is 2.04. The average molecular weight is 222 g/mol. The predicted octanol–water partition coefficient (Wildman–Crippen LogP) is 3.15. The Morgan fingerprint density at radius 2 is 1.86 bits per heavy atom. The maximum atomic E-state index is 11.8. The molecule has 1 unspecified atom stereocenters. The van der Waals surface area contributed by atoms with E-state index in [1.807, 2.05) is 0 Å². The van der Waals surface area contributed by atoms with Gasteiger partial charge in [0.05, 0.1) is 19.3 Å². The van der Waals surface area contributed by atoms with Crippen molar-refractivity contribution in [3.8, 4) is 0 Å². The molecular formula is C9H19O4P. The third-order valence-electron chi connectivity index (χ3n) is 1.38. The highest BCUT2D eigenvalue weighted by atomic mass is 31.2. The summed E-state index contributed by atoms with van der Waals surface area (Å²) in [6.45, 7) is 9.46. The van der Waals surface area contributed by atoms with Gasteiger partial charge in [0.1, 0.15) is 0 Å². The molecule has 0 saturated heterocycles. The van der Waals surface area contributed by atoms with Crippen LogP contribution >= 0.6 is 7.82 Å². The van der Waals surface area contributed by atoms with Crippen LogP contribution in [-0.4, -0.2) is 19.3 Å². The molecule has 0 aliphatic heterocycles. The molecule has 0 aliphatic rings. The Balaban J connectivity index is 4.20. The van der Waals surface area contributed by atoms with Gasteiger partial charge in [-0.3, -0.25) is 13.6 Å². The molecule has 0 aromatic rings. The Morgan fingerprint density at radius 1 is 1.36 bits per heavy atom. The SMILES string of the molecule is C=CCC(C)OP(=O)(OCC)OCC. The van der Waals surface area contributed by atoms with Crippen molar-refractivity contribution < 1.29 is 18.1 Å². The molecule has 0 bridgehead atoms. The molecule has 84 valence electrons. The smallest absolute Gasteiger partial charge is 0.287 e. The Morgan fingerprint density at radius 3 is 2.21 bits per heavy atom. The van der Waals surface area contributed by atoms with Crippen LogP contribution in [0.15, 0.2) is 12.7 Å². The van der Waals surface area contributed by atoms with Crippen molar-refractivity contribution in [3.05, 3.63) is 12.7 Å². The lowest BCUT2D eigenvalue weighted by Gasteiger charge is -2.19. The first kappa shape index (κ1) is 13.8. The molecule has 1 atom stereocenters. The lowest BCUT2D eigenvalue weighted by atomic mass is 10.3. The van der Waals surface area contributed by atoms with Gasteiger partial charge in [-0.05, 0) is 27.2 Å². The molecule has 5 heteroatoms. The molecule has 0 aromatic heterocycles. The highest BCUT2D eigenvalue weighted by molar-refractivity contribution is 7.48. The van der Waals surface area contributed by atoms with E-state index in [0.29, 0.717) is 19.6 Å². The molecule has 0 fully saturated rings. The molecule has 0 aromatic carbocycles. The minimum atomic E-state index is -3.35. The second-order valence-corrected chi connectivity index (χ2v) is 4.34. The van der Waals surface area contributed by atoms with Crippen molar-refractivity contribution >= 4 is 7.82 Å². The Kier molecular flexibility index (Phi) is 7.11. The highest BCUT2D eigenvalue weighted by Gasteiger charge is 2.27. The first-order valence-electron chi connectivity index (χ1n) is 4.76. The van der Waals surface area contributed by atoms with E-state index in [1.165, 1.54) is 0 Å². The van der Waals surface area contributed by atoms with Gasteiger partial charge in [0.25, 0.3) is 0 Å². The minimum absolute atomic E-state index is 0.212. The lowest BCUT2D eigenvalue weighted by molar-refractivity contribution is 0.0920. The fourth-order valence-corrected chi connectivity index (χ4v) is 2.27. The Hall–Kier alpha value is -0.150. The van der Waals surface area contributed by atoms with Crippen molar-refractivity contribution in [3.63, 3.8) is 0 Å². The van der Waals surface area contributed by atoms with Crippen molar-refractivity contribution in [1.82, 2.24) is 0 Å². The van der Waals surface area contributed by atoms with E-state index in [2.05, 4.69) is 6.58 Å². The first-order valence-corrected chi connectivity index (χ1v) is 6.22. The number of rotatable bonds is 8. The summed E-state index contributed by atoms with van der Waals surface area (Å²) >= 11 is 0. The van der Waals surface area contributed by atoms with Gasteiger partial charge in [0.15, 0.2) is 0 Å². The fourth-order valence-electron chi connectivity index (χ4n) is 0.912. The molecule has 0 saturated carbocycles. The summed E-state index contributed by atoms with van der Waals surface area (Å²) in [5, 5.41) is 0. The Bertz CT molecular complexity index is 195. The van der Waals surface area contributed by atoms with Gasteiger partial charge in [0, 0.05) is 0 Å². The minimum Gasteiger partial charge on any atom is -0.287 e. The normalized spacial score (nSPS) is 13.9. The van der Waals surface area contributed by atoms with Gasteiger partial charge < -0.3 is 0 Å². The first-order chi connectivity index (χ1) is 6.58. The maximum Gasteiger partial charge on any atom is 0.475 e. The summed E-state index contributed by atoms with van der Waals surface area (Å²) in [4.78, 5) is 0. The van der Waals surface area contributed by atoms with E-state index in [9.17, 15) is 4.57 Å². The zero-order valence-corrected chi connectivity index (χ0v) is 9.96. The van der Waals surface area contributed by atoms with E-state index in [4.69, 9.17) is 13.6 Å². The maximum absolute atomic E-state index is 11.8. The third kappa shape index (κ3) is 5.55. The second kappa shape index (κ2) is 7.18. The number of phosphoric ester groups is 1. The van der Waals surface area contributed by atoms with Crippen LogP contribution in [0.1, 0.15) is 27.2 Å². The van der Waals surface area contributed by atoms with Crippen LogP contribution in [0, 0.1) is 0 Å². The van der Waals surface area contributed by atoms with Gasteiger partial charge in [-0.1, -0.05) is 6.08 Å². The molecule has 0 heterocycles. The zero-order chi connectivity index (χ0) is 11.0. The van der Waals surface area contributed by atoms with Gasteiger partial charge in [-0.15, -0.1) is 6.58 Å². The van der Waals surface area contributed by atoms with Crippen LogP contribution in [0.2, 0.25) is 0 Å². The number of hydrogen-bond acceptors (Lipinski definition) is 4. The quantitative estimate of drug-likeness (QED) is 0.467. The van der Waals surface area contributed by atoms with Gasteiger partial charge in [-0.25, -0.2) is 4.57 Å². The van der Waals surface area contributed by atoms with Gasteiger partial charge in [-0.2, -0.15) is 0 Å². The van der Waals surface area contributed by atoms with Crippen molar-refractivity contribution in [2.75, 3.05) is 13.2 Å². The largest absolute Gasteiger partial charge is 0.475 e. The van der Waals surface area contributed by atoms with E-state index >= 15 is 0 Å². The lowest BCUT2D eigenvalue weighted by Crippen LogP contribution is -2.08. The topological polar surface area (TPSA) is 44.8 Å². The molecule has 0 rings (SSSR count). The molecule has 0 N–H and O–H groups in total. The zero-order valence-electron chi connectivity index (χ0n) is 9.06. The van der Waals surface area contributed by atoms with Crippen LogP contribution in [-0.2, 0) is 18.1 Å². The summed E-state index contributed by atoms with van der Waals surface area (Å²) in [7, 11) is -3.35. The summed E-state index contributed by atoms with van der Waals surface area (Å²) in [6.07, 6.45) is 2.10. The van der Waals surface area contributed by atoms with E-state index in [0.717, 1.165) is 0 Å². The molecule has 0 aliphatic carbocycles. The highest BCUT2D eigenvalue weighted by Crippen LogP contribution is 2.50. The van der Waals surface area contributed by atoms with Crippen molar-refractivity contribution in [1.29, 1.82) is 0 Å². The molecule has 14 heavy (non-hydrogen) atoms. The number of hydrogen-bond donors (Lipinski definition) is 0. The van der Waals surface area contributed by atoms with Crippen LogP contribution in [0.3, 0.4) is 0 Å². The van der Waals surface area contributed by atoms with Crippen LogP contribution in [0.5, 0.6) is 0 Å². The summed E-state index contributed by atoms with van der Waals surface area (Å²) in [5.74, 6) is 0. The molecule has 0 amide bonds. The Labute approximate surface area is 85.9 Å². The van der Waals surface area contributed by atoms with Crippen LogP contribution in [0.4, 0.5) is 0 Å². The van der Waals surface area contributed by atoms with Crippen LogP contribution < -0.4 is 0 Å². The van der Waals surface area contributed by atoms with Crippen LogP contribution in [0.25, 0.3) is 0 Å². The molecule has 4 nitrogen and oxygen atoms in total.